The molecule has 1 N–H and O–H groups in total. The van der Waals surface area contributed by atoms with E-state index in [1.807, 2.05) is 38.8 Å². The fraction of sp³-hybridized carbons (Fsp3) is 0.217. The third-order valence-corrected chi connectivity index (χ3v) is 7.98. The molecule has 32 heavy (non-hydrogen) atoms. The molecule has 1 amide bonds. The summed E-state index contributed by atoms with van der Waals surface area (Å²) in [5, 5.41) is 4.83. The van der Waals surface area contributed by atoms with E-state index in [9.17, 15) is 9.18 Å². The van der Waals surface area contributed by atoms with Gasteiger partial charge in [-0.25, -0.2) is 9.37 Å². The average Bonchev–Trinajstić information content (AvgIpc) is 3.59. The number of aromatic nitrogens is 2. The van der Waals surface area contributed by atoms with Gasteiger partial charge in [0.25, 0.3) is 0 Å². The summed E-state index contributed by atoms with van der Waals surface area (Å²) in [5.74, 6) is 0.180. The van der Waals surface area contributed by atoms with Gasteiger partial charge in [-0.3, -0.25) is 4.79 Å². The van der Waals surface area contributed by atoms with Crippen molar-refractivity contribution >= 4 is 46.0 Å². The highest BCUT2D eigenvalue weighted by atomic mass is 32.2. The van der Waals surface area contributed by atoms with Crippen molar-refractivity contribution in [2.45, 2.75) is 5.16 Å². The first-order chi connectivity index (χ1) is 15.7. The minimum absolute atomic E-state index is 0.0786. The van der Waals surface area contributed by atoms with Gasteiger partial charge in [0, 0.05) is 26.2 Å². The number of imidazole rings is 1. The summed E-state index contributed by atoms with van der Waals surface area (Å²) in [5.41, 5.74) is 2.53. The standard InChI is InChI=1S/C23H21FN4OS3/c24-16-5-1-2-6-17(16)27-9-11-28(12-10-27)20(29)15-32-23-25-21(18-7-3-13-30-18)22(26-23)19-8-4-14-31-19/h1-8,13-14H,9-12,15H2,(H,25,26). The van der Waals surface area contributed by atoms with E-state index in [1.165, 1.54) is 17.8 Å². The molecule has 3 aromatic heterocycles. The summed E-state index contributed by atoms with van der Waals surface area (Å²) in [7, 11) is 0. The van der Waals surface area contributed by atoms with Gasteiger partial charge in [0.2, 0.25) is 5.91 Å². The number of hydrogen-bond acceptors (Lipinski definition) is 6. The number of thioether (sulfide) groups is 1. The van der Waals surface area contributed by atoms with E-state index in [0.29, 0.717) is 37.6 Å². The Morgan fingerprint density at radius 1 is 1.00 bits per heavy atom. The van der Waals surface area contributed by atoms with Gasteiger partial charge in [0.05, 0.1) is 26.9 Å². The second kappa shape index (κ2) is 9.48. The second-order valence-corrected chi connectivity index (χ2v) is 10.2. The molecule has 0 spiro atoms. The van der Waals surface area contributed by atoms with E-state index in [-0.39, 0.29) is 11.7 Å². The molecule has 164 valence electrons. The number of aromatic amines is 1. The minimum Gasteiger partial charge on any atom is -0.366 e. The molecule has 5 nitrogen and oxygen atoms in total. The van der Waals surface area contributed by atoms with Gasteiger partial charge in [0.15, 0.2) is 5.16 Å². The number of para-hydroxylation sites is 1. The molecule has 4 aromatic rings. The summed E-state index contributed by atoms with van der Waals surface area (Å²) < 4.78 is 14.0. The maximum Gasteiger partial charge on any atom is 0.233 e. The molecule has 5 rings (SSSR count). The van der Waals surface area contributed by atoms with E-state index in [1.54, 1.807) is 34.8 Å². The summed E-state index contributed by atoms with van der Waals surface area (Å²) in [4.78, 5) is 27.1. The zero-order chi connectivity index (χ0) is 21.9. The summed E-state index contributed by atoms with van der Waals surface area (Å²) in [6.07, 6.45) is 0. The number of anilines is 1. The Balaban J connectivity index is 1.22. The van der Waals surface area contributed by atoms with Crippen LogP contribution in [0.25, 0.3) is 21.1 Å². The quantitative estimate of drug-likeness (QED) is 0.370. The Labute approximate surface area is 197 Å². The second-order valence-electron chi connectivity index (χ2n) is 7.33. The van der Waals surface area contributed by atoms with Crippen LogP contribution in [0.2, 0.25) is 0 Å². The van der Waals surface area contributed by atoms with Crippen molar-refractivity contribution in [2.24, 2.45) is 0 Å². The molecule has 0 bridgehead atoms. The van der Waals surface area contributed by atoms with Crippen LogP contribution in [0.5, 0.6) is 0 Å². The molecule has 0 aliphatic carbocycles. The van der Waals surface area contributed by atoms with Crippen LogP contribution in [-0.2, 0) is 4.79 Å². The number of benzene rings is 1. The normalized spacial score (nSPS) is 14.2. The lowest BCUT2D eigenvalue weighted by atomic mass is 10.2. The van der Waals surface area contributed by atoms with Gasteiger partial charge in [-0.05, 0) is 35.0 Å². The highest BCUT2D eigenvalue weighted by Crippen LogP contribution is 2.36. The predicted molar refractivity (Wildman–Crippen MR) is 131 cm³/mol. The fourth-order valence-corrected chi connectivity index (χ4v) is 5.96. The van der Waals surface area contributed by atoms with Gasteiger partial charge in [-0.1, -0.05) is 36.0 Å². The molecular weight excluding hydrogens is 463 g/mol. The number of carbonyl (C=O) groups excluding carboxylic acids is 1. The van der Waals surface area contributed by atoms with Crippen LogP contribution < -0.4 is 4.90 Å². The number of halogens is 1. The van der Waals surface area contributed by atoms with Crippen LogP contribution in [-0.4, -0.2) is 52.7 Å². The van der Waals surface area contributed by atoms with Crippen molar-refractivity contribution in [3.05, 3.63) is 65.1 Å². The molecule has 0 atom stereocenters. The van der Waals surface area contributed by atoms with Crippen molar-refractivity contribution in [3.63, 3.8) is 0 Å². The molecule has 0 radical (unpaired) electrons. The number of nitrogens with one attached hydrogen (secondary N) is 1. The lowest BCUT2D eigenvalue weighted by Gasteiger charge is -2.36. The number of piperazine rings is 1. The van der Waals surface area contributed by atoms with Crippen LogP contribution in [0, 0.1) is 5.82 Å². The Bertz CT molecular complexity index is 1130. The molecule has 1 saturated heterocycles. The lowest BCUT2D eigenvalue weighted by molar-refractivity contribution is -0.128. The van der Waals surface area contributed by atoms with Crippen LogP contribution in [0.3, 0.4) is 0 Å². The van der Waals surface area contributed by atoms with Crippen LogP contribution in [0.1, 0.15) is 0 Å². The van der Waals surface area contributed by atoms with Crippen LogP contribution in [0.4, 0.5) is 10.1 Å². The van der Waals surface area contributed by atoms with E-state index >= 15 is 0 Å². The highest BCUT2D eigenvalue weighted by molar-refractivity contribution is 7.99. The number of hydrogen-bond donors (Lipinski definition) is 1. The average molecular weight is 485 g/mol. The molecule has 0 saturated carbocycles. The monoisotopic (exact) mass is 484 g/mol. The fourth-order valence-electron chi connectivity index (χ4n) is 3.74. The van der Waals surface area contributed by atoms with Crippen molar-refractivity contribution in [2.75, 3.05) is 36.8 Å². The van der Waals surface area contributed by atoms with Crippen molar-refractivity contribution in [1.29, 1.82) is 0 Å². The van der Waals surface area contributed by atoms with E-state index in [2.05, 4.69) is 17.1 Å². The van der Waals surface area contributed by atoms with Crippen molar-refractivity contribution in [3.8, 4) is 21.1 Å². The van der Waals surface area contributed by atoms with Gasteiger partial charge < -0.3 is 14.8 Å². The van der Waals surface area contributed by atoms with Crippen molar-refractivity contribution in [1.82, 2.24) is 14.9 Å². The van der Waals surface area contributed by atoms with Crippen LogP contribution in [0.15, 0.2) is 64.4 Å². The van der Waals surface area contributed by atoms with Gasteiger partial charge in [0.1, 0.15) is 11.5 Å². The molecule has 1 fully saturated rings. The maximum absolute atomic E-state index is 14.0. The van der Waals surface area contributed by atoms with Gasteiger partial charge in [-0.2, -0.15) is 0 Å². The molecule has 1 aromatic carbocycles. The molecule has 1 aliphatic rings. The Hall–Kier alpha value is -2.62. The number of amides is 1. The molecule has 9 heteroatoms. The molecule has 1 aliphatic heterocycles. The Morgan fingerprint density at radius 2 is 1.72 bits per heavy atom. The highest BCUT2D eigenvalue weighted by Gasteiger charge is 2.23. The Kier molecular flexibility index (Phi) is 6.29. The third-order valence-electron chi connectivity index (χ3n) is 5.36. The molecule has 4 heterocycles. The first-order valence-corrected chi connectivity index (χ1v) is 13.0. The summed E-state index contributed by atoms with van der Waals surface area (Å²) in [6, 6.07) is 15.0. The van der Waals surface area contributed by atoms with Crippen molar-refractivity contribution < 1.29 is 9.18 Å². The Morgan fingerprint density at radius 3 is 2.41 bits per heavy atom. The lowest BCUT2D eigenvalue weighted by Crippen LogP contribution is -2.49. The first-order valence-electron chi connectivity index (χ1n) is 10.3. The van der Waals surface area contributed by atoms with E-state index < -0.39 is 0 Å². The molecular formula is C23H21FN4OS3. The maximum atomic E-state index is 14.0. The van der Waals surface area contributed by atoms with Crippen LogP contribution >= 0.6 is 34.4 Å². The SMILES string of the molecule is O=C(CSc1nc(-c2cccs2)c(-c2cccs2)[nH]1)N1CCN(c2ccccc2F)CC1. The van der Waals surface area contributed by atoms with Gasteiger partial charge in [-0.15, -0.1) is 22.7 Å². The number of nitrogens with zero attached hydrogens (tertiary/aromatic N) is 3. The molecule has 0 unspecified atom stereocenters. The zero-order valence-corrected chi connectivity index (χ0v) is 19.6. The zero-order valence-electron chi connectivity index (χ0n) is 17.2. The van der Waals surface area contributed by atoms with E-state index in [4.69, 9.17) is 4.98 Å². The number of carbonyl (C=O) groups is 1. The summed E-state index contributed by atoms with van der Waals surface area (Å²) >= 11 is 4.75. The number of rotatable bonds is 6. The minimum atomic E-state index is -0.219. The first kappa shape index (κ1) is 21.2. The smallest absolute Gasteiger partial charge is 0.233 e. The summed E-state index contributed by atoms with van der Waals surface area (Å²) in [6.45, 7) is 2.44. The predicted octanol–water partition coefficient (Wildman–Crippen LogP) is 5.45. The largest absolute Gasteiger partial charge is 0.366 e. The number of H-pyrrole nitrogens is 1. The van der Waals surface area contributed by atoms with Gasteiger partial charge >= 0.3 is 0 Å². The third kappa shape index (κ3) is 4.46. The number of thiophene rings is 2. The topological polar surface area (TPSA) is 52.2 Å². The van der Waals surface area contributed by atoms with E-state index in [0.717, 1.165) is 26.3 Å².